The molecule has 0 unspecified atom stereocenters. The molecule has 5 rings (SSSR count). The lowest BCUT2D eigenvalue weighted by Gasteiger charge is -2.48. The van der Waals surface area contributed by atoms with Gasteiger partial charge in [-0.25, -0.2) is 21.6 Å². The zero-order chi connectivity index (χ0) is 27.3. The van der Waals surface area contributed by atoms with Gasteiger partial charge in [0.15, 0.2) is 9.84 Å². The molecule has 1 N–H and O–H groups in total. The van der Waals surface area contributed by atoms with Crippen molar-refractivity contribution in [1.29, 1.82) is 0 Å². The maximum Gasteiger partial charge on any atom is 0.265 e. The van der Waals surface area contributed by atoms with Crippen LogP contribution in [0.25, 0.3) is 0 Å². The van der Waals surface area contributed by atoms with Crippen molar-refractivity contribution in [1.82, 2.24) is 4.72 Å². The van der Waals surface area contributed by atoms with Crippen molar-refractivity contribution in [2.45, 2.75) is 54.3 Å². The number of hydrogen-bond acceptors (Lipinski definition) is 7. The van der Waals surface area contributed by atoms with Gasteiger partial charge in [0.2, 0.25) is 0 Å². The van der Waals surface area contributed by atoms with Crippen molar-refractivity contribution in [3.63, 3.8) is 0 Å². The Morgan fingerprint density at radius 2 is 1.55 bits per heavy atom. The lowest BCUT2D eigenvalue weighted by Crippen LogP contribution is -2.47. The van der Waals surface area contributed by atoms with Crippen LogP contribution in [-0.4, -0.2) is 34.6 Å². The van der Waals surface area contributed by atoms with E-state index in [4.69, 9.17) is 9.47 Å². The van der Waals surface area contributed by atoms with Gasteiger partial charge in [0.1, 0.15) is 11.4 Å². The fourth-order valence-electron chi connectivity index (χ4n) is 5.21. The number of amides is 1. The van der Waals surface area contributed by atoms with Crippen molar-refractivity contribution in [3.8, 4) is 5.75 Å². The summed E-state index contributed by atoms with van der Waals surface area (Å²) in [5.41, 5.74) is 1.45. The average Bonchev–Trinajstić information content (AvgIpc) is 2.88. The van der Waals surface area contributed by atoms with E-state index in [1.54, 1.807) is 12.1 Å². The molecular formula is C28H29NO7S2. The van der Waals surface area contributed by atoms with Gasteiger partial charge in [0, 0.05) is 23.3 Å². The number of fused-ring (bicyclic) bond motifs is 3. The topological polar surface area (TPSA) is 116 Å². The van der Waals surface area contributed by atoms with Crippen LogP contribution < -0.4 is 9.46 Å². The second kappa shape index (κ2) is 9.52. The molecule has 0 radical (unpaired) electrons. The van der Waals surface area contributed by atoms with E-state index in [9.17, 15) is 21.6 Å². The smallest absolute Gasteiger partial charge is 0.265 e. The van der Waals surface area contributed by atoms with Gasteiger partial charge < -0.3 is 9.47 Å². The predicted octanol–water partition coefficient (Wildman–Crippen LogP) is 4.59. The van der Waals surface area contributed by atoms with E-state index in [1.807, 2.05) is 44.2 Å². The summed E-state index contributed by atoms with van der Waals surface area (Å²) in [5.74, 6) is -0.164. The van der Waals surface area contributed by atoms with Gasteiger partial charge in [-0.1, -0.05) is 30.3 Å². The zero-order valence-corrected chi connectivity index (χ0v) is 22.9. The number of sulfonamides is 1. The minimum Gasteiger partial charge on any atom is -0.487 e. The number of sulfone groups is 1. The fourth-order valence-corrected chi connectivity index (χ4v) is 6.81. The van der Waals surface area contributed by atoms with E-state index in [0.29, 0.717) is 11.3 Å². The summed E-state index contributed by atoms with van der Waals surface area (Å²) in [4.78, 5) is 12.8. The summed E-state index contributed by atoms with van der Waals surface area (Å²) in [6, 6.07) is 19.5. The first-order valence-electron chi connectivity index (χ1n) is 12.3. The van der Waals surface area contributed by atoms with E-state index < -0.39 is 31.4 Å². The predicted molar refractivity (Wildman–Crippen MR) is 141 cm³/mol. The monoisotopic (exact) mass is 555 g/mol. The summed E-state index contributed by atoms with van der Waals surface area (Å²) >= 11 is 0. The molecule has 8 nitrogen and oxygen atoms in total. The molecule has 0 aromatic heterocycles. The van der Waals surface area contributed by atoms with Crippen LogP contribution in [0, 0.1) is 5.92 Å². The molecule has 0 saturated carbocycles. The molecule has 1 amide bonds. The molecule has 1 saturated heterocycles. The van der Waals surface area contributed by atoms with Gasteiger partial charge in [-0.2, -0.15) is 0 Å². The molecule has 2 heterocycles. The van der Waals surface area contributed by atoms with E-state index in [-0.39, 0.29) is 33.5 Å². The van der Waals surface area contributed by atoms with E-state index in [1.165, 1.54) is 18.2 Å². The second-order valence-corrected chi connectivity index (χ2v) is 14.0. The second-order valence-electron chi connectivity index (χ2n) is 10.3. The third kappa shape index (κ3) is 5.08. The van der Waals surface area contributed by atoms with Crippen molar-refractivity contribution in [2.24, 2.45) is 5.92 Å². The molecule has 3 aromatic carbocycles. The molecule has 2 aliphatic rings. The molecule has 38 heavy (non-hydrogen) atoms. The molecule has 200 valence electrons. The van der Waals surface area contributed by atoms with Crippen molar-refractivity contribution in [2.75, 3.05) is 6.26 Å². The molecule has 1 fully saturated rings. The number of carbonyl (C=O) groups excluding carboxylic acids is 1. The van der Waals surface area contributed by atoms with Crippen LogP contribution in [0.15, 0.2) is 82.6 Å². The number of rotatable bonds is 5. The van der Waals surface area contributed by atoms with Gasteiger partial charge in [-0.05, 0) is 74.7 Å². The Kier molecular flexibility index (Phi) is 6.61. The average molecular weight is 556 g/mol. The molecule has 0 aliphatic carbocycles. The number of ether oxygens (including phenoxy) is 2. The van der Waals surface area contributed by atoms with Gasteiger partial charge >= 0.3 is 0 Å². The minimum absolute atomic E-state index is 0.0174. The quantitative estimate of drug-likeness (QED) is 0.490. The highest BCUT2D eigenvalue weighted by Gasteiger charge is 2.48. The van der Waals surface area contributed by atoms with E-state index in [2.05, 4.69) is 4.72 Å². The normalized spacial score (nSPS) is 22.4. The Bertz CT molecular complexity index is 1580. The first kappa shape index (κ1) is 26.4. The SMILES string of the molecule is CC1(C)Oc2ccc(C(=O)NS(=O)(=O)c3ccc(S(C)(=O)=O)cc3)cc2[C@@H]2O[C@H](c3ccccc3)CC[C@H]21. The molecule has 0 spiro atoms. The summed E-state index contributed by atoms with van der Waals surface area (Å²) < 4.78 is 64.0. The number of hydrogen-bond donors (Lipinski definition) is 1. The largest absolute Gasteiger partial charge is 0.487 e. The van der Waals surface area contributed by atoms with Gasteiger partial charge in [0.05, 0.1) is 22.0 Å². The van der Waals surface area contributed by atoms with Crippen molar-refractivity contribution < 1.29 is 31.1 Å². The lowest BCUT2D eigenvalue weighted by atomic mass is 9.74. The third-order valence-corrected chi connectivity index (χ3v) is 9.70. The molecule has 2 aliphatic heterocycles. The van der Waals surface area contributed by atoms with Crippen LogP contribution in [0.2, 0.25) is 0 Å². The van der Waals surface area contributed by atoms with E-state index >= 15 is 0 Å². The number of carbonyl (C=O) groups is 1. The van der Waals surface area contributed by atoms with Crippen LogP contribution in [-0.2, 0) is 24.6 Å². The van der Waals surface area contributed by atoms with Crippen molar-refractivity contribution >= 4 is 25.8 Å². The summed E-state index contributed by atoms with van der Waals surface area (Å²) in [5, 5.41) is 0. The highest BCUT2D eigenvalue weighted by Crippen LogP contribution is 2.53. The number of nitrogens with one attached hydrogen (secondary N) is 1. The van der Waals surface area contributed by atoms with Gasteiger partial charge in [-0.15, -0.1) is 0 Å². The summed E-state index contributed by atoms with van der Waals surface area (Å²) in [6.07, 6.45) is 2.30. The molecule has 10 heteroatoms. The van der Waals surface area contributed by atoms with Crippen LogP contribution in [0.1, 0.15) is 60.4 Å². The van der Waals surface area contributed by atoms with Gasteiger partial charge in [0.25, 0.3) is 15.9 Å². The van der Waals surface area contributed by atoms with Gasteiger partial charge in [-0.3, -0.25) is 4.79 Å². The Hall–Kier alpha value is -3.21. The number of benzene rings is 3. The Labute approximate surface area is 223 Å². The third-order valence-electron chi connectivity index (χ3n) is 7.22. The minimum atomic E-state index is -4.23. The Balaban J connectivity index is 1.42. The molecule has 3 atom stereocenters. The fraction of sp³-hybridized carbons (Fsp3) is 0.321. The highest BCUT2D eigenvalue weighted by molar-refractivity contribution is 7.91. The summed E-state index contributed by atoms with van der Waals surface area (Å²) in [6.45, 7) is 4.06. The lowest BCUT2D eigenvalue weighted by molar-refractivity contribution is -0.151. The maximum atomic E-state index is 13.1. The maximum absolute atomic E-state index is 13.1. The first-order valence-corrected chi connectivity index (χ1v) is 15.6. The Morgan fingerprint density at radius 1 is 0.895 bits per heavy atom. The molecule has 3 aromatic rings. The van der Waals surface area contributed by atoms with Crippen LogP contribution in [0.3, 0.4) is 0 Å². The highest BCUT2D eigenvalue weighted by atomic mass is 32.2. The summed E-state index contributed by atoms with van der Waals surface area (Å²) in [7, 11) is -7.72. The standard InChI is InChI=1S/C28H29NO7S2/c1-28(2)23-14-16-24(18-7-5-4-6-8-18)35-26(23)22-17-19(9-15-25(22)36-28)27(30)29-38(33,34)21-12-10-20(11-13-21)37(3,31)32/h4-13,15,17,23-24,26H,14,16H2,1-3H3,(H,29,30)/t23-,24+,26+/m1/s1. The van der Waals surface area contributed by atoms with Crippen molar-refractivity contribution in [3.05, 3.63) is 89.5 Å². The first-order chi connectivity index (χ1) is 17.8. The zero-order valence-electron chi connectivity index (χ0n) is 21.2. The Morgan fingerprint density at radius 3 is 2.21 bits per heavy atom. The molecular weight excluding hydrogens is 526 g/mol. The molecule has 0 bridgehead atoms. The van der Waals surface area contributed by atoms with Crippen LogP contribution in [0.4, 0.5) is 0 Å². The van der Waals surface area contributed by atoms with E-state index in [0.717, 1.165) is 36.8 Å². The van der Waals surface area contributed by atoms with Crippen LogP contribution >= 0.6 is 0 Å². The van der Waals surface area contributed by atoms with Crippen LogP contribution in [0.5, 0.6) is 5.75 Å².